The molecule has 0 aliphatic carbocycles. The number of nitrogens with zero attached hydrogens (tertiary/aromatic N) is 1. The van der Waals surface area contributed by atoms with Crippen LogP contribution in [0, 0.1) is 10.5 Å². The molecule has 0 bridgehead atoms. The van der Waals surface area contributed by atoms with Gasteiger partial charge in [-0.05, 0) is 59.8 Å². The van der Waals surface area contributed by atoms with Gasteiger partial charge in [-0.2, -0.15) is 0 Å². The highest BCUT2D eigenvalue weighted by Crippen LogP contribution is 2.22. The lowest BCUT2D eigenvalue weighted by molar-refractivity contribution is -0.115. The number of hydrogen-bond acceptors (Lipinski definition) is 3. The van der Waals surface area contributed by atoms with Gasteiger partial charge in [-0.1, -0.05) is 24.3 Å². The lowest BCUT2D eigenvalue weighted by atomic mass is 10.2. The Morgan fingerprint density at radius 2 is 1.96 bits per heavy atom. The van der Waals surface area contributed by atoms with Crippen molar-refractivity contribution in [1.82, 2.24) is 4.98 Å². The molecule has 116 valence electrons. The third kappa shape index (κ3) is 3.98. The summed E-state index contributed by atoms with van der Waals surface area (Å²) < 4.78 is 6.75. The van der Waals surface area contributed by atoms with Crippen LogP contribution in [-0.2, 0) is 11.2 Å². The van der Waals surface area contributed by atoms with Crippen molar-refractivity contribution in [3.63, 3.8) is 0 Å². The molecule has 5 heteroatoms. The molecule has 0 spiro atoms. The number of amides is 1. The van der Waals surface area contributed by atoms with Crippen LogP contribution in [0.1, 0.15) is 11.5 Å². The first kappa shape index (κ1) is 15.7. The zero-order chi connectivity index (χ0) is 16.2. The SMILES string of the molecule is Cc1oc(-c2ccccc2)nc1CC(=O)Nc1cccc(I)c1. The summed E-state index contributed by atoms with van der Waals surface area (Å²) in [6, 6.07) is 17.3. The maximum Gasteiger partial charge on any atom is 0.230 e. The molecule has 0 aliphatic rings. The number of rotatable bonds is 4. The molecule has 0 aliphatic heterocycles. The number of hydrogen-bond donors (Lipinski definition) is 1. The summed E-state index contributed by atoms with van der Waals surface area (Å²) in [5.41, 5.74) is 2.35. The standard InChI is InChI=1S/C18H15IN2O2/c1-12-16(21-18(23-12)13-6-3-2-4-7-13)11-17(22)20-15-9-5-8-14(19)10-15/h2-10H,11H2,1H3,(H,20,22). The van der Waals surface area contributed by atoms with Crippen LogP contribution in [0.5, 0.6) is 0 Å². The lowest BCUT2D eigenvalue weighted by Crippen LogP contribution is -2.15. The molecule has 0 unspecified atom stereocenters. The first-order valence-corrected chi connectivity index (χ1v) is 8.27. The molecule has 0 radical (unpaired) electrons. The molecule has 3 aromatic rings. The van der Waals surface area contributed by atoms with Crippen LogP contribution in [0.3, 0.4) is 0 Å². The third-order valence-electron chi connectivity index (χ3n) is 3.35. The van der Waals surface area contributed by atoms with Crippen LogP contribution in [0.2, 0.25) is 0 Å². The summed E-state index contributed by atoms with van der Waals surface area (Å²) in [6.45, 7) is 1.83. The van der Waals surface area contributed by atoms with Crippen molar-refractivity contribution in [2.24, 2.45) is 0 Å². The quantitative estimate of drug-likeness (QED) is 0.638. The van der Waals surface area contributed by atoms with E-state index in [-0.39, 0.29) is 12.3 Å². The second-order valence-corrected chi connectivity index (χ2v) is 6.37. The fraction of sp³-hybridized carbons (Fsp3) is 0.111. The van der Waals surface area contributed by atoms with Gasteiger partial charge in [0.25, 0.3) is 0 Å². The van der Waals surface area contributed by atoms with Crippen LogP contribution in [0.4, 0.5) is 5.69 Å². The number of oxazole rings is 1. The Kier molecular flexibility index (Phi) is 4.76. The van der Waals surface area contributed by atoms with E-state index in [4.69, 9.17) is 4.42 Å². The minimum absolute atomic E-state index is 0.108. The highest BCUT2D eigenvalue weighted by Gasteiger charge is 2.14. The van der Waals surface area contributed by atoms with Gasteiger partial charge in [0.05, 0.1) is 12.1 Å². The van der Waals surface area contributed by atoms with Gasteiger partial charge in [0, 0.05) is 14.8 Å². The zero-order valence-corrected chi connectivity index (χ0v) is 14.7. The summed E-state index contributed by atoms with van der Waals surface area (Å²) in [4.78, 5) is 16.6. The molecule has 2 aromatic carbocycles. The fourth-order valence-corrected chi connectivity index (χ4v) is 2.76. The van der Waals surface area contributed by atoms with E-state index in [9.17, 15) is 4.79 Å². The van der Waals surface area contributed by atoms with Gasteiger partial charge < -0.3 is 9.73 Å². The maximum absolute atomic E-state index is 12.2. The highest BCUT2D eigenvalue weighted by atomic mass is 127. The molecule has 3 rings (SSSR count). The van der Waals surface area contributed by atoms with Crippen molar-refractivity contribution in [3.05, 3.63) is 69.6 Å². The van der Waals surface area contributed by atoms with Crippen molar-refractivity contribution < 1.29 is 9.21 Å². The smallest absolute Gasteiger partial charge is 0.230 e. The van der Waals surface area contributed by atoms with Crippen molar-refractivity contribution in [3.8, 4) is 11.5 Å². The Morgan fingerprint density at radius 3 is 2.70 bits per heavy atom. The molecule has 1 N–H and O–H groups in total. The number of nitrogens with one attached hydrogen (secondary N) is 1. The van der Waals surface area contributed by atoms with Gasteiger partial charge in [0.1, 0.15) is 5.76 Å². The Labute approximate surface area is 148 Å². The monoisotopic (exact) mass is 418 g/mol. The summed E-state index contributed by atoms with van der Waals surface area (Å²) in [6.07, 6.45) is 0.188. The van der Waals surface area contributed by atoms with Crippen LogP contribution in [0.15, 0.2) is 59.0 Å². The van der Waals surface area contributed by atoms with Crippen LogP contribution >= 0.6 is 22.6 Å². The molecular formula is C18H15IN2O2. The predicted octanol–water partition coefficient (Wildman–Crippen LogP) is 4.44. The molecule has 1 heterocycles. The van der Waals surface area contributed by atoms with Crippen molar-refractivity contribution in [2.75, 3.05) is 5.32 Å². The van der Waals surface area contributed by atoms with E-state index in [0.29, 0.717) is 17.3 Å². The average Bonchev–Trinajstić information content (AvgIpc) is 2.89. The Morgan fingerprint density at radius 1 is 1.17 bits per heavy atom. The number of carbonyl (C=O) groups is 1. The van der Waals surface area contributed by atoms with Gasteiger partial charge in [-0.15, -0.1) is 0 Å². The van der Waals surface area contributed by atoms with E-state index in [2.05, 4.69) is 32.9 Å². The topological polar surface area (TPSA) is 55.1 Å². The van der Waals surface area contributed by atoms with E-state index in [1.54, 1.807) is 0 Å². The Balaban J connectivity index is 1.73. The average molecular weight is 418 g/mol. The minimum Gasteiger partial charge on any atom is -0.441 e. The van der Waals surface area contributed by atoms with Crippen LogP contribution in [0.25, 0.3) is 11.5 Å². The molecule has 23 heavy (non-hydrogen) atoms. The van der Waals surface area contributed by atoms with Gasteiger partial charge in [-0.25, -0.2) is 4.98 Å². The molecule has 4 nitrogen and oxygen atoms in total. The highest BCUT2D eigenvalue weighted by molar-refractivity contribution is 14.1. The summed E-state index contributed by atoms with van der Waals surface area (Å²) in [5.74, 6) is 1.10. The molecule has 0 saturated heterocycles. The molecule has 0 saturated carbocycles. The fourth-order valence-electron chi connectivity index (χ4n) is 2.22. The lowest BCUT2D eigenvalue weighted by Gasteiger charge is -2.04. The Hall–Kier alpha value is -2.15. The van der Waals surface area contributed by atoms with E-state index in [0.717, 1.165) is 14.8 Å². The first-order valence-electron chi connectivity index (χ1n) is 7.19. The largest absolute Gasteiger partial charge is 0.441 e. The second-order valence-electron chi connectivity index (χ2n) is 5.12. The van der Waals surface area contributed by atoms with Gasteiger partial charge in [0.15, 0.2) is 0 Å². The molecule has 1 aromatic heterocycles. The van der Waals surface area contributed by atoms with Crippen LogP contribution < -0.4 is 5.32 Å². The maximum atomic E-state index is 12.2. The predicted molar refractivity (Wildman–Crippen MR) is 98.2 cm³/mol. The van der Waals surface area contributed by atoms with Crippen LogP contribution in [-0.4, -0.2) is 10.9 Å². The molecule has 0 fully saturated rings. The van der Waals surface area contributed by atoms with Gasteiger partial charge in [0.2, 0.25) is 11.8 Å². The number of aryl methyl sites for hydroxylation is 1. The number of aromatic nitrogens is 1. The molecule has 0 atom stereocenters. The summed E-state index contributed by atoms with van der Waals surface area (Å²) in [7, 11) is 0. The first-order chi connectivity index (χ1) is 11.1. The van der Waals surface area contributed by atoms with E-state index < -0.39 is 0 Å². The normalized spacial score (nSPS) is 10.5. The zero-order valence-electron chi connectivity index (χ0n) is 12.5. The number of halogens is 1. The minimum atomic E-state index is -0.108. The van der Waals surface area contributed by atoms with Crippen molar-refractivity contribution >= 4 is 34.2 Å². The summed E-state index contributed by atoms with van der Waals surface area (Å²) in [5, 5.41) is 2.88. The third-order valence-corrected chi connectivity index (χ3v) is 4.02. The Bertz CT molecular complexity index is 828. The number of carbonyl (C=O) groups excluding carboxylic acids is 1. The summed E-state index contributed by atoms with van der Waals surface area (Å²) >= 11 is 2.21. The second kappa shape index (κ2) is 6.95. The van der Waals surface area contributed by atoms with Crippen molar-refractivity contribution in [1.29, 1.82) is 0 Å². The molecule has 1 amide bonds. The van der Waals surface area contributed by atoms with Gasteiger partial charge >= 0.3 is 0 Å². The molecular weight excluding hydrogens is 403 g/mol. The van der Waals surface area contributed by atoms with Crippen molar-refractivity contribution in [2.45, 2.75) is 13.3 Å². The number of anilines is 1. The van der Waals surface area contributed by atoms with E-state index in [1.807, 2.05) is 61.5 Å². The van der Waals surface area contributed by atoms with E-state index >= 15 is 0 Å². The number of benzene rings is 2. The van der Waals surface area contributed by atoms with E-state index in [1.165, 1.54) is 0 Å². The van der Waals surface area contributed by atoms with Gasteiger partial charge in [-0.3, -0.25) is 4.79 Å².